The largest absolute Gasteiger partial charge is 0.492 e. The molecule has 1 aromatic carbocycles. The molecule has 1 heterocycles. The zero-order valence-corrected chi connectivity index (χ0v) is 6.83. The molecule has 1 aromatic rings. The SMILES string of the molecule is ON=C1CCOc2cc(F)ccc21. The molecule has 0 radical (unpaired) electrons. The number of fused-ring (bicyclic) bond motifs is 1. The molecule has 2 rings (SSSR count). The molecule has 4 heteroatoms. The third kappa shape index (κ3) is 1.35. The lowest BCUT2D eigenvalue weighted by molar-refractivity contribution is 0.297. The molecule has 1 aliphatic heterocycles. The van der Waals surface area contributed by atoms with E-state index in [1.54, 1.807) is 6.07 Å². The highest BCUT2D eigenvalue weighted by Gasteiger charge is 2.17. The Hall–Kier alpha value is -1.58. The Morgan fingerprint density at radius 2 is 2.31 bits per heavy atom. The topological polar surface area (TPSA) is 41.8 Å². The molecule has 13 heavy (non-hydrogen) atoms. The summed E-state index contributed by atoms with van der Waals surface area (Å²) in [4.78, 5) is 0. The monoisotopic (exact) mass is 181 g/mol. The van der Waals surface area contributed by atoms with Gasteiger partial charge in [0.1, 0.15) is 11.6 Å². The number of benzene rings is 1. The van der Waals surface area contributed by atoms with Gasteiger partial charge in [-0.3, -0.25) is 0 Å². The number of ether oxygens (including phenoxy) is 1. The first-order chi connectivity index (χ1) is 6.31. The van der Waals surface area contributed by atoms with Crippen molar-refractivity contribution >= 4 is 5.71 Å². The molecule has 0 fully saturated rings. The minimum atomic E-state index is -0.349. The van der Waals surface area contributed by atoms with Crippen LogP contribution in [0.15, 0.2) is 23.4 Å². The molecule has 0 atom stereocenters. The summed E-state index contributed by atoms with van der Waals surface area (Å²) in [7, 11) is 0. The van der Waals surface area contributed by atoms with Crippen LogP contribution in [-0.4, -0.2) is 17.5 Å². The molecule has 0 aromatic heterocycles. The number of hydrogen-bond donors (Lipinski definition) is 1. The van der Waals surface area contributed by atoms with Gasteiger partial charge < -0.3 is 9.94 Å². The number of halogens is 1. The highest BCUT2D eigenvalue weighted by Crippen LogP contribution is 2.25. The molecule has 1 aliphatic rings. The van der Waals surface area contributed by atoms with Crippen molar-refractivity contribution in [2.75, 3.05) is 6.61 Å². The average molecular weight is 181 g/mol. The van der Waals surface area contributed by atoms with Gasteiger partial charge in [0.05, 0.1) is 12.3 Å². The lowest BCUT2D eigenvalue weighted by Crippen LogP contribution is -2.16. The van der Waals surface area contributed by atoms with Crippen LogP contribution in [0.3, 0.4) is 0 Å². The van der Waals surface area contributed by atoms with E-state index in [-0.39, 0.29) is 5.82 Å². The Kier molecular flexibility index (Phi) is 1.88. The molecule has 0 spiro atoms. The van der Waals surface area contributed by atoms with Crippen molar-refractivity contribution in [3.8, 4) is 5.75 Å². The molecule has 0 aliphatic carbocycles. The quantitative estimate of drug-likeness (QED) is 0.489. The fraction of sp³-hybridized carbons (Fsp3) is 0.222. The fourth-order valence-electron chi connectivity index (χ4n) is 1.35. The first kappa shape index (κ1) is 8.04. The molecule has 3 nitrogen and oxygen atoms in total. The van der Waals surface area contributed by atoms with Crippen molar-refractivity contribution in [3.05, 3.63) is 29.6 Å². The highest BCUT2D eigenvalue weighted by atomic mass is 19.1. The highest BCUT2D eigenvalue weighted by molar-refractivity contribution is 6.03. The Morgan fingerprint density at radius 3 is 3.08 bits per heavy atom. The smallest absolute Gasteiger partial charge is 0.131 e. The van der Waals surface area contributed by atoms with Crippen LogP contribution in [0.1, 0.15) is 12.0 Å². The Morgan fingerprint density at radius 1 is 1.46 bits per heavy atom. The molecular weight excluding hydrogens is 173 g/mol. The maximum Gasteiger partial charge on any atom is 0.131 e. The van der Waals surface area contributed by atoms with Gasteiger partial charge in [-0.25, -0.2) is 4.39 Å². The summed E-state index contributed by atoms with van der Waals surface area (Å²) in [5, 5.41) is 11.8. The fourth-order valence-corrected chi connectivity index (χ4v) is 1.35. The second-order valence-electron chi connectivity index (χ2n) is 2.79. The summed E-state index contributed by atoms with van der Waals surface area (Å²) in [6.45, 7) is 0.426. The number of nitrogens with zero attached hydrogens (tertiary/aromatic N) is 1. The van der Waals surface area contributed by atoms with E-state index < -0.39 is 0 Å². The average Bonchev–Trinajstić information content (AvgIpc) is 2.16. The molecule has 0 saturated carbocycles. The summed E-state index contributed by atoms with van der Waals surface area (Å²) in [5.41, 5.74) is 1.21. The third-order valence-electron chi connectivity index (χ3n) is 1.97. The number of hydrogen-bond acceptors (Lipinski definition) is 3. The van der Waals surface area contributed by atoms with Crippen LogP contribution in [0.4, 0.5) is 4.39 Å². The summed E-state index contributed by atoms with van der Waals surface area (Å²) >= 11 is 0. The van der Waals surface area contributed by atoms with E-state index in [0.29, 0.717) is 30.1 Å². The van der Waals surface area contributed by atoms with Crippen LogP contribution in [0, 0.1) is 5.82 Å². The van der Waals surface area contributed by atoms with Crippen molar-refractivity contribution in [1.82, 2.24) is 0 Å². The molecule has 0 unspecified atom stereocenters. The predicted molar refractivity (Wildman–Crippen MR) is 44.8 cm³/mol. The van der Waals surface area contributed by atoms with Crippen LogP contribution < -0.4 is 4.74 Å². The molecule has 0 saturated heterocycles. The van der Waals surface area contributed by atoms with E-state index in [1.807, 2.05) is 0 Å². The molecular formula is C9H8FNO2. The van der Waals surface area contributed by atoms with Crippen LogP contribution in [-0.2, 0) is 0 Å². The van der Waals surface area contributed by atoms with Gasteiger partial charge in [0.2, 0.25) is 0 Å². The van der Waals surface area contributed by atoms with E-state index in [9.17, 15) is 4.39 Å². The van der Waals surface area contributed by atoms with Crippen molar-refractivity contribution < 1.29 is 14.3 Å². The minimum Gasteiger partial charge on any atom is -0.492 e. The van der Waals surface area contributed by atoms with Gasteiger partial charge in [0, 0.05) is 18.1 Å². The number of oxime groups is 1. The van der Waals surface area contributed by atoms with E-state index >= 15 is 0 Å². The maximum atomic E-state index is 12.7. The van der Waals surface area contributed by atoms with Crippen molar-refractivity contribution in [1.29, 1.82) is 0 Å². The van der Waals surface area contributed by atoms with Gasteiger partial charge in [0.25, 0.3) is 0 Å². The molecule has 68 valence electrons. The van der Waals surface area contributed by atoms with E-state index in [4.69, 9.17) is 9.94 Å². The minimum absolute atomic E-state index is 0.349. The van der Waals surface area contributed by atoms with Crippen molar-refractivity contribution in [2.45, 2.75) is 6.42 Å². The predicted octanol–water partition coefficient (Wildman–Crippen LogP) is 1.79. The summed E-state index contributed by atoms with van der Waals surface area (Å²) in [5.74, 6) is 0.0944. The van der Waals surface area contributed by atoms with Gasteiger partial charge >= 0.3 is 0 Å². The second kappa shape index (κ2) is 3.05. The standard InChI is InChI=1S/C9H8FNO2/c10-6-1-2-7-8(11-12)3-4-13-9(7)5-6/h1-2,5,12H,3-4H2. The second-order valence-corrected chi connectivity index (χ2v) is 2.79. The van der Waals surface area contributed by atoms with Crippen LogP contribution in [0.2, 0.25) is 0 Å². The zero-order valence-electron chi connectivity index (χ0n) is 6.83. The molecule has 0 amide bonds. The van der Waals surface area contributed by atoms with E-state index in [1.165, 1.54) is 12.1 Å². The van der Waals surface area contributed by atoms with Crippen LogP contribution >= 0.6 is 0 Å². The zero-order chi connectivity index (χ0) is 9.26. The normalized spacial score (nSPS) is 18.1. The number of rotatable bonds is 0. The molecule has 0 bridgehead atoms. The maximum absolute atomic E-state index is 12.7. The van der Waals surface area contributed by atoms with Gasteiger partial charge in [-0.05, 0) is 12.1 Å². The van der Waals surface area contributed by atoms with Gasteiger partial charge in [-0.1, -0.05) is 5.16 Å². The first-order valence-electron chi connectivity index (χ1n) is 3.95. The van der Waals surface area contributed by atoms with Crippen molar-refractivity contribution in [3.63, 3.8) is 0 Å². The summed E-state index contributed by atoms with van der Waals surface area (Å²) in [6.07, 6.45) is 0.551. The third-order valence-corrected chi connectivity index (χ3v) is 1.97. The van der Waals surface area contributed by atoms with Crippen LogP contribution in [0.25, 0.3) is 0 Å². The summed E-state index contributed by atoms with van der Waals surface area (Å²) in [6, 6.07) is 4.16. The lowest BCUT2D eigenvalue weighted by Gasteiger charge is -2.17. The van der Waals surface area contributed by atoms with Crippen molar-refractivity contribution in [2.24, 2.45) is 5.16 Å². The summed E-state index contributed by atoms with van der Waals surface area (Å²) < 4.78 is 17.9. The van der Waals surface area contributed by atoms with E-state index in [0.717, 1.165) is 0 Å². The Balaban J connectivity index is 2.52. The van der Waals surface area contributed by atoms with Gasteiger partial charge in [-0.2, -0.15) is 0 Å². The van der Waals surface area contributed by atoms with Gasteiger partial charge in [-0.15, -0.1) is 0 Å². The Labute approximate surface area is 74.4 Å². The molecule has 1 N–H and O–H groups in total. The Bertz CT molecular complexity index is 363. The first-order valence-corrected chi connectivity index (χ1v) is 3.95. The lowest BCUT2D eigenvalue weighted by atomic mass is 10.0. The van der Waals surface area contributed by atoms with Gasteiger partial charge in [0.15, 0.2) is 0 Å². The van der Waals surface area contributed by atoms with E-state index in [2.05, 4.69) is 5.16 Å². The van der Waals surface area contributed by atoms with Crippen LogP contribution in [0.5, 0.6) is 5.75 Å².